The first-order chi connectivity index (χ1) is 10.9. The van der Waals surface area contributed by atoms with Gasteiger partial charge in [0, 0.05) is 22.8 Å². The van der Waals surface area contributed by atoms with Crippen LogP contribution in [0, 0.1) is 0 Å². The molecule has 1 aliphatic heterocycles. The molecule has 0 aliphatic carbocycles. The number of thiophene rings is 1. The monoisotopic (exact) mass is 324 g/mol. The standard InChI is InChI=1S/C19H32O2S/c1-2-3-4-5-6-7-10-17-12-13-18(22-17)14-16-21-19-11-8-9-15-20-19/h12-13,19H,2-11,14-16H2,1H3/t19-/m0/s1. The molecule has 2 nitrogen and oxygen atoms in total. The van der Waals surface area contributed by atoms with Crippen molar-refractivity contribution in [3.8, 4) is 0 Å². The van der Waals surface area contributed by atoms with E-state index in [0.29, 0.717) is 0 Å². The van der Waals surface area contributed by atoms with Gasteiger partial charge in [-0.15, -0.1) is 11.3 Å². The van der Waals surface area contributed by atoms with Crippen molar-refractivity contribution in [3.05, 3.63) is 21.9 Å². The van der Waals surface area contributed by atoms with Crippen LogP contribution in [0.25, 0.3) is 0 Å². The van der Waals surface area contributed by atoms with Crippen LogP contribution in [0.15, 0.2) is 12.1 Å². The van der Waals surface area contributed by atoms with Gasteiger partial charge in [-0.25, -0.2) is 0 Å². The van der Waals surface area contributed by atoms with E-state index in [0.717, 1.165) is 26.1 Å². The molecule has 1 saturated heterocycles. The Kier molecular flexibility index (Phi) is 9.15. The summed E-state index contributed by atoms with van der Waals surface area (Å²) in [7, 11) is 0. The molecule has 2 rings (SSSR count). The molecule has 0 N–H and O–H groups in total. The first-order valence-corrected chi connectivity index (χ1v) is 10.0. The van der Waals surface area contributed by atoms with E-state index in [1.54, 1.807) is 4.88 Å². The molecule has 0 unspecified atom stereocenters. The van der Waals surface area contributed by atoms with Crippen molar-refractivity contribution in [1.29, 1.82) is 0 Å². The molecule has 0 spiro atoms. The van der Waals surface area contributed by atoms with Crippen molar-refractivity contribution < 1.29 is 9.47 Å². The van der Waals surface area contributed by atoms with Crippen LogP contribution in [0.5, 0.6) is 0 Å². The first kappa shape index (κ1) is 18.0. The summed E-state index contributed by atoms with van der Waals surface area (Å²) in [5, 5.41) is 0. The van der Waals surface area contributed by atoms with E-state index < -0.39 is 0 Å². The fourth-order valence-electron chi connectivity index (χ4n) is 2.90. The van der Waals surface area contributed by atoms with Gasteiger partial charge in [0.15, 0.2) is 6.29 Å². The Morgan fingerprint density at radius 1 is 1.05 bits per heavy atom. The summed E-state index contributed by atoms with van der Waals surface area (Å²) in [5.74, 6) is 0. The van der Waals surface area contributed by atoms with E-state index in [4.69, 9.17) is 9.47 Å². The van der Waals surface area contributed by atoms with Crippen LogP contribution in [0.2, 0.25) is 0 Å². The molecular formula is C19H32O2S. The van der Waals surface area contributed by atoms with Crippen LogP contribution in [0.4, 0.5) is 0 Å². The molecular weight excluding hydrogens is 292 g/mol. The minimum Gasteiger partial charge on any atom is -0.353 e. The summed E-state index contributed by atoms with van der Waals surface area (Å²) in [6.07, 6.45) is 14.1. The number of ether oxygens (including phenoxy) is 2. The molecule has 1 fully saturated rings. The van der Waals surface area contributed by atoms with Crippen molar-refractivity contribution in [2.75, 3.05) is 13.2 Å². The smallest absolute Gasteiger partial charge is 0.157 e. The van der Waals surface area contributed by atoms with Crippen LogP contribution >= 0.6 is 11.3 Å². The molecule has 1 aliphatic rings. The second-order valence-corrected chi connectivity index (χ2v) is 7.56. The van der Waals surface area contributed by atoms with Gasteiger partial charge in [-0.1, -0.05) is 39.0 Å². The predicted molar refractivity (Wildman–Crippen MR) is 94.6 cm³/mol. The quantitative estimate of drug-likeness (QED) is 0.483. The molecule has 2 heterocycles. The molecule has 1 aromatic rings. The maximum absolute atomic E-state index is 5.82. The molecule has 22 heavy (non-hydrogen) atoms. The lowest BCUT2D eigenvalue weighted by molar-refractivity contribution is -0.161. The number of aryl methyl sites for hydroxylation is 1. The molecule has 0 radical (unpaired) electrons. The van der Waals surface area contributed by atoms with E-state index in [1.807, 2.05) is 11.3 Å². The van der Waals surface area contributed by atoms with Crippen molar-refractivity contribution in [2.24, 2.45) is 0 Å². The van der Waals surface area contributed by atoms with Gasteiger partial charge in [0.2, 0.25) is 0 Å². The number of hydrogen-bond donors (Lipinski definition) is 0. The van der Waals surface area contributed by atoms with E-state index in [-0.39, 0.29) is 6.29 Å². The Morgan fingerprint density at radius 2 is 1.82 bits per heavy atom. The fraction of sp³-hybridized carbons (Fsp3) is 0.789. The Labute approximate surface area is 140 Å². The summed E-state index contributed by atoms with van der Waals surface area (Å²) >= 11 is 1.97. The third-order valence-corrected chi connectivity index (χ3v) is 5.49. The van der Waals surface area contributed by atoms with Crippen LogP contribution in [-0.2, 0) is 22.3 Å². The Bertz CT molecular complexity index is 383. The molecule has 0 amide bonds. The Balaban J connectivity index is 1.53. The summed E-state index contributed by atoms with van der Waals surface area (Å²) in [5.41, 5.74) is 0. The molecule has 1 atom stereocenters. The zero-order chi connectivity index (χ0) is 15.5. The molecule has 3 heteroatoms. The summed E-state index contributed by atoms with van der Waals surface area (Å²) in [4.78, 5) is 3.00. The third-order valence-electron chi connectivity index (χ3n) is 4.28. The molecule has 0 saturated carbocycles. The van der Waals surface area contributed by atoms with Gasteiger partial charge in [0.05, 0.1) is 6.61 Å². The molecule has 1 aromatic heterocycles. The van der Waals surface area contributed by atoms with Gasteiger partial charge in [-0.3, -0.25) is 0 Å². The lowest BCUT2D eigenvalue weighted by Crippen LogP contribution is -2.23. The van der Waals surface area contributed by atoms with Gasteiger partial charge >= 0.3 is 0 Å². The van der Waals surface area contributed by atoms with Crippen molar-refractivity contribution in [1.82, 2.24) is 0 Å². The minimum atomic E-state index is 0.0521. The second-order valence-electron chi connectivity index (χ2n) is 6.30. The third kappa shape index (κ3) is 7.26. The van der Waals surface area contributed by atoms with Crippen LogP contribution in [0.3, 0.4) is 0 Å². The normalized spacial score (nSPS) is 18.7. The zero-order valence-electron chi connectivity index (χ0n) is 14.1. The van der Waals surface area contributed by atoms with Gasteiger partial charge in [-0.05, 0) is 44.2 Å². The van der Waals surface area contributed by atoms with E-state index in [1.165, 1.54) is 62.7 Å². The zero-order valence-corrected chi connectivity index (χ0v) is 15.0. The molecule has 0 aromatic carbocycles. The highest BCUT2D eigenvalue weighted by atomic mass is 32.1. The highest BCUT2D eigenvalue weighted by molar-refractivity contribution is 7.11. The fourth-order valence-corrected chi connectivity index (χ4v) is 3.94. The maximum atomic E-state index is 5.82. The number of unbranched alkanes of at least 4 members (excludes halogenated alkanes) is 5. The largest absolute Gasteiger partial charge is 0.353 e. The average Bonchev–Trinajstić information content (AvgIpc) is 3.00. The highest BCUT2D eigenvalue weighted by Crippen LogP contribution is 2.21. The number of hydrogen-bond acceptors (Lipinski definition) is 3. The lowest BCUT2D eigenvalue weighted by Gasteiger charge is -2.22. The first-order valence-electron chi connectivity index (χ1n) is 9.19. The highest BCUT2D eigenvalue weighted by Gasteiger charge is 2.13. The van der Waals surface area contributed by atoms with Crippen molar-refractivity contribution >= 4 is 11.3 Å². The number of rotatable bonds is 11. The van der Waals surface area contributed by atoms with Gasteiger partial charge in [0.25, 0.3) is 0 Å². The van der Waals surface area contributed by atoms with Gasteiger partial charge in [0.1, 0.15) is 0 Å². The van der Waals surface area contributed by atoms with Crippen LogP contribution < -0.4 is 0 Å². The minimum absolute atomic E-state index is 0.0521. The van der Waals surface area contributed by atoms with Crippen LogP contribution in [-0.4, -0.2) is 19.5 Å². The maximum Gasteiger partial charge on any atom is 0.157 e. The van der Waals surface area contributed by atoms with Crippen LogP contribution in [0.1, 0.15) is 74.5 Å². The lowest BCUT2D eigenvalue weighted by atomic mass is 10.1. The Hall–Kier alpha value is -0.380. The second kappa shape index (κ2) is 11.2. The van der Waals surface area contributed by atoms with Crippen molar-refractivity contribution in [2.45, 2.75) is 83.8 Å². The molecule has 126 valence electrons. The summed E-state index contributed by atoms with van der Waals surface area (Å²) in [6, 6.07) is 4.59. The van der Waals surface area contributed by atoms with E-state index in [9.17, 15) is 0 Å². The summed E-state index contributed by atoms with van der Waals surface area (Å²) < 4.78 is 11.4. The van der Waals surface area contributed by atoms with Crippen molar-refractivity contribution in [3.63, 3.8) is 0 Å². The molecule has 0 bridgehead atoms. The van der Waals surface area contributed by atoms with E-state index in [2.05, 4.69) is 19.1 Å². The SMILES string of the molecule is CCCCCCCCc1ccc(CCO[C@H]2CCCCO2)s1. The van der Waals surface area contributed by atoms with Gasteiger partial charge < -0.3 is 9.47 Å². The Morgan fingerprint density at radius 3 is 2.59 bits per heavy atom. The van der Waals surface area contributed by atoms with E-state index >= 15 is 0 Å². The van der Waals surface area contributed by atoms with Gasteiger partial charge in [-0.2, -0.15) is 0 Å². The summed E-state index contributed by atoms with van der Waals surface area (Å²) in [6.45, 7) is 3.94. The predicted octanol–water partition coefficient (Wildman–Crippen LogP) is 5.74. The average molecular weight is 325 g/mol. The topological polar surface area (TPSA) is 18.5 Å².